The van der Waals surface area contributed by atoms with Crippen LogP contribution in [-0.4, -0.2) is 44.9 Å². The molecule has 1 unspecified atom stereocenters. The molecule has 0 saturated carbocycles. The number of aliphatic hydroxyl groups is 1. The van der Waals surface area contributed by atoms with E-state index in [4.69, 9.17) is 0 Å². The van der Waals surface area contributed by atoms with Gasteiger partial charge in [-0.05, 0) is 20.5 Å². The lowest BCUT2D eigenvalue weighted by atomic mass is 10.1. The van der Waals surface area contributed by atoms with Crippen LogP contribution in [0.4, 0.5) is 0 Å². The predicted octanol–water partition coefficient (Wildman–Crippen LogP) is 0.924. The van der Waals surface area contributed by atoms with Crippen molar-refractivity contribution in [2.45, 2.75) is 45.4 Å². The molecule has 0 aromatic carbocycles. The second kappa shape index (κ2) is 7.95. The van der Waals surface area contributed by atoms with Gasteiger partial charge in [-0.2, -0.15) is 0 Å². The van der Waals surface area contributed by atoms with Gasteiger partial charge in [-0.3, -0.25) is 4.79 Å². The van der Waals surface area contributed by atoms with Gasteiger partial charge in [0, 0.05) is 18.3 Å². The summed E-state index contributed by atoms with van der Waals surface area (Å²) in [5, 5.41) is 29.1. The van der Waals surface area contributed by atoms with E-state index in [1.165, 1.54) is 4.57 Å². The summed E-state index contributed by atoms with van der Waals surface area (Å²) >= 11 is 0. The highest BCUT2D eigenvalue weighted by Crippen LogP contribution is 2.25. The summed E-state index contributed by atoms with van der Waals surface area (Å²) in [6, 6.07) is 0.166. The molecular formula is C15H24N2O5. The van der Waals surface area contributed by atoms with E-state index in [1.807, 2.05) is 6.92 Å². The third-order valence-electron chi connectivity index (χ3n) is 3.46. The first kappa shape index (κ1) is 18.2. The van der Waals surface area contributed by atoms with Crippen molar-refractivity contribution in [1.82, 2.24) is 9.47 Å². The van der Waals surface area contributed by atoms with Crippen LogP contribution in [0.25, 0.3) is 0 Å². The van der Waals surface area contributed by atoms with Crippen LogP contribution >= 0.6 is 0 Å². The molecule has 3 N–H and O–H groups in total. The Hall–Kier alpha value is -1.86. The summed E-state index contributed by atoms with van der Waals surface area (Å²) in [5.41, 5.74) is -0.204. The Labute approximate surface area is 129 Å². The Morgan fingerprint density at radius 1 is 1.41 bits per heavy atom. The van der Waals surface area contributed by atoms with Crippen LogP contribution in [0, 0.1) is 0 Å². The van der Waals surface area contributed by atoms with E-state index in [0.717, 1.165) is 12.5 Å². The van der Waals surface area contributed by atoms with Crippen molar-refractivity contribution < 1.29 is 20.1 Å². The zero-order valence-corrected chi connectivity index (χ0v) is 13.2. The van der Waals surface area contributed by atoms with Gasteiger partial charge in [0.1, 0.15) is 6.04 Å². The second-order valence-electron chi connectivity index (χ2n) is 5.56. The molecule has 1 heterocycles. The van der Waals surface area contributed by atoms with Gasteiger partial charge in [-0.1, -0.05) is 19.8 Å². The molecular weight excluding hydrogens is 288 g/mol. The molecule has 0 bridgehead atoms. The van der Waals surface area contributed by atoms with Gasteiger partial charge in [0.2, 0.25) is 5.43 Å². The number of nitrogens with zero attached hydrogens (tertiary/aromatic N) is 2. The first-order valence-corrected chi connectivity index (χ1v) is 7.28. The van der Waals surface area contributed by atoms with Gasteiger partial charge in [0.25, 0.3) is 0 Å². The van der Waals surface area contributed by atoms with Gasteiger partial charge in [0.05, 0.1) is 12.3 Å². The van der Waals surface area contributed by atoms with Crippen LogP contribution in [0.15, 0.2) is 10.9 Å². The highest BCUT2D eigenvalue weighted by molar-refractivity contribution is 5.72. The summed E-state index contributed by atoms with van der Waals surface area (Å²) in [6.45, 7) is 1.69. The standard InChI is InChI=1S/C15H24N2O5/c1-4-5-6-11(15(21)22)17-10(9-18)7-13(19)14(20)12(17)8-16(2)3/h7,11,18,20H,4-6,8-9H2,1-3H3,(H,21,22). The fourth-order valence-electron chi connectivity index (χ4n) is 2.44. The fourth-order valence-corrected chi connectivity index (χ4v) is 2.44. The number of aromatic hydroxyl groups is 1. The third-order valence-corrected chi connectivity index (χ3v) is 3.46. The first-order valence-electron chi connectivity index (χ1n) is 7.28. The Kier molecular flexibility index (Phi) is 6.58. The van der Waals surface area contributed by atoms with Crippen LogP contribution < -0.4 is 5.43 Å². The topological polar surface area (TPSA) is 103 Å². The smallest absolute Gasteiger partial charge is 0.326 e. The molecule has 1 aromatic rings. The summed E-state index contributed by atoms with van der Waals surface area (Å²) in [4.78, 5) is 25.2. The Morgan fingerprint density at radius 2 is 2.05 bits per heavy atom. The quantitative estimate of drug-likeness (QED) is 0.659. The molecule has 0 amide bonds. The lowest BCUT2D eigenvalue weighted by Gasteiger charge is -2.26. The lowest BCUT2D eigenvalue weighted by Crippen LogP contribution is -2.29. The SMILES string of the molecule is CCCCC(C(=O)O)n1c(CO)cc(=O)c(O)c1CN(C)C. The van der Waals surface area contributed by atoms with Crippen molar-refractivity contribution in [3.05, 3.63) is 27.7 Å². The molecule has 1 atom stereocenters. The molecule has 0 spiro atoms. The van der Waals surface area contributed by atoms with Crippen LogP contribution in [-0.2, 0) is 17.9 Å². The molecule has 0 aliphatic rings. The van der Waals surface area contributed by atoms with Gasteiger partial charge in [0.15, 0.2) is 5.75 Å². The highest BCUT2D eigenvalue weighted by atomic mass is 16.4. The van der Waals surface area contributed by atoms with E-state index in [-0.39, 0.29) is 17.9 Å². The van der Waals surface area contributed by atoms with E-state index < -0.39 is 29.8 Å². The maximum atomic E-state index is 11.8. The minimum atomic E-state index is -1.05. The number of pyridine rings is 1. The van der Waals surface area contributed by atoms with Crippen molar-refractivity contribution >= 4 is 5.97 Å². The molecule has 0 aliphatic carbocycles. The average Bonchev–Trinajstić information content (AvgIpc) is 2.45. The van der Waals surface area contributed by atoms with E-state index >= 15 is 0 Å². The van der Waals surface area contributed by atoms with Gasteiger partial charge in [-0.25, -0.2) is 4.79 Å². The monoisotopic (exact) mass is 312 g/mol. The largest absolute Gasteiger partial charge is 0.503 e. The van der Waals surface area contributed by atoms with E-state index in [1.54, 1.807) is 19.0 Å². The van der Waals surface area contributed by atoms with Gasteiger partial charge >= 0.3 is 5.97 Å². The van der Waals surface area contributed by atoms with Gasteiger partial charge in [-0.15, -0.1) is 0 Å². The molecule has 1 aromatic heterocycles. The zero-order valence-electron chi connectivity index (χ0n) is 13.2. The number of aliphatic carboxylic acids is 1. The Bertz CT molecular complexity index is 580. The zero-order chi connectivity index (χ0) is 16.9. The van der Waals surface area contributed by atoms with Crippen molar-refractivity contribution in [2.24, 2.45) is 0 Å². The molecule has 7 nitrogen and oxygen atoms in total. The van der Waals surface area contributed by atoms with Crippen LogP contribution in [0.5, 0.6) is 5.75 Å². The summed E-state index contributed by atoms with van der Waals surface area (Å²) in [5.74, 6) is -1.51. The van der Waals surface area contributed by atoms with Crippen LogP contribution in [0.2, 0.25) is 0 Å². The number of carboxylic acid groups (broad SMARTS) is 1. The molecule has 22 heavy (non-hydrogen) atoms. The highest BCUT2D eigenvalue weighted by Gasteiger charge is 2.26. The molecule has 0 radical (unpaired) electrons. The van der Waals surface area contributed by atoms with E-state index in [9.17, 15) is 24.9 Å². The molecule has 124 valence electrons. The summed E-state index contributed by atoms with van der Waals surface area (Å²) in [6.07, 6.45) is 1.88. The van der Waals surface area contributed by atoms with Crippen LogP contribution in [0.1, 0.15) is 43.6 Å². The Balaban J connectivity index is 3.54. The number of hydrogen-bond acceptors (Lipinski definition) is 5. The molecule has 7 heteroatoms. The molecule has 1 rings (SSSR count). The second-order valence-corrected chi connectivity index (χ2v) is 5.56. The van der Waals surface area contributed by atoms with E-state index in [2.05, 4.69) is 0 Å². The number of hydrogen-bond donors (Lipinski definition) is 3. The molecule has 0 fully saturated rings. The van der Waals surface area contributed by atoms with Crippen molar-refractivity contribution in [2.75, 3.05) is 14.1 Å². The predicted molar refractivity (Wildman–Crippen MR) is 81.9 cm³/mol. The summed E-state index contributed by atoms with van der Waals surface area (Å²) in [7, 11) is 3.50. The first-order chi connectivity index (χ1) is 10.3. The lowest BCUT2D eigenvalue weighted by molar-refractivity contribution is -0.141. The number of unbranched alkanes of at least 4 members (excludes halogenated alkanes) is 1. The molecule has 0 aliphatic heterocycles. The van der Waals surface area contributed by atoms with Crippen molar-refractivity contribution in [3.8, 4) is 5.75 Å². The van der Waals surface area contributed by atoms with Crippen LogP contribution in [0.3, 0.4) is 0 Å². The fraction of sp³-hybridized carbons (Fsp3) is 0.600. The number of carbonyl (C=O) groups is 1. The van der Waals surface area contributed by atoms with Crippen molar-refractivity contribution in [3.63, 3.8) is 0 Å². The van der Waals surface area contributed by atoms with Crippen molar-refractivity contribution in [1.29, 1.82) is 0 Å². The third kappa shape index (κ3) is 4.08. The number of aliphatic hydroxyl groups excluding tert-OH is 1. The maximum absolute atomic E-state index is 11.8. The number of aromatic nitrogens is 1. The number of carboxylic acids is 1. The summed E-state index contributed by atoms with van der Waals surface area (Å²) < 4.78 is 1.38. The van der Waals surface area contributed by atoms with Gasteiger partial charge < -0.3 is 24.8 Å². The number of rotatable bonds is 8. The average molecular weight is 312 g/mol. The minimum Gasteiger partial charge on any atom is -0.503 e. The normalized spacial score (nSPS) is 12.6. The maximum Gasteiger partial charge on any atom is 0.326 e. The Morgan fingerprint density at radius 3 is 2.50 bits per heavy atom. The minimum absolute atomic E-state index is 0.197. The van der Waals surface area contributed by atoms with E-state index in [0.29, 0.717) is 12.8 Å². The molecule has 0 saturated heterocycles.